The van der Waals surface area contributed by atoms with Crippen molar-refractivity contribution in [1.29, 1.82) is 0 Å². The van der Waals surface area contributed by atoms with Crippen molar-refractivity contribution in [3.8, 4) is 0 Å². The molecule has 106 valence electrons. The molecule has 3 N–H and O–H groups in total. The highest BCUT2D eigenvalue weighted by molar-refractivity contribution is 5.78. The number of likely N-dealkylation sites (tertiary alicyclic amines) is 1. The predicted octanol–water partition coefficient (Wildman–Crippen LogP) is 1.07. The first-order valence-electron chi connectivity index (χ1n) is 7.19. The summed E-state index contributed by atoms with van der Waals surface area (Å²) in [4.78, 5) is 14.4. The molecule has 1 aliphatic heterocycles. The minimum absolute atomic E-state index is 0.0173. The van der Waals surface area contributed by atoms with Crippen LogP contribution in [0.15, 0.2) is 0 Å². The van der Waals surface area contributed by atoms with E-state index in [-0.39, 0.29) is 11.8 Å². The maximum absolute atomic E-state index is 12.0. The van der Waals surface area contributed by atoms with Crippen LogP contribution >= 0.6 is 0 Å². The van der Waals surface area contributed by atoms with E-state index in [1.807, 2.05) is 0 Å². The number of nitrogens with one attached hydrogen (secondary N) is 1. The van der Waals surface area contributed by atoms with Gasteiger partial charge in [-0.15, -0.1) is 0 Å². The Bertz CT molecular complexity index is 247. The van der Waals surface area contributed by atoms with E-state index in [9.17, 15) is 4.79 Å². The van der Waals surface area contributed by atoms with Crippen LogP contribution in [0.25, 0.3) is 0 Å². The van der Waals surface area contributed by atoms with Gasteiger partial charge in [-0.25, -0.2) is 0 Å². The molecule has 1 rings (SSSR count). The molecule has 1 unspecified atom stereocenters. The highest BCUT2D eigenvalue weighted by atomic mass is 16.1. The van der Waals surface area contributed by atoms with E-state index in [4.69, 9.17) is 5.73 Å². The molecule has 0 saturated carbocycles. The summed E-state index contributed by atoms with van der Waals surface area (Å²) in [5.41, 5.74) is 5.68. The first kappa shape index (κ1) is 15.4. The predicted molar refractivity (Wildman–Crippen MR) is 75.2 cm³/mol. The summed E-state index contributed by atoms with van der Waals surface area (Å²) in [5, 5.41) is 3.09. The minimum Gasteiger partial charge on any atom is -0.356 e. The molecule has 0 aromatic carbocycles. The highest BCUT2D eigenvalue weighted by Gasteiger charge is 2.21. The number of hydrogen-bond donors (Lipinski definition) is 2. The van der Waals surface area contributed by atoms with E-state index in [0.717, 1.165) is 26.1 Å². The van der Waals surface area contributed by atoms with Crippen LogP contribution in [0.1, 0.15) is 33.1 Å². The molecule has 0 radical (unpaired) electrons. The third-order valence-electron chi connectivity index (χ3n) is 3.81. The van der Waals surface area contributed by atoms with E-state index in [1.54, 1.807) is 0 Å². The van der Waals surface area contributed by atoms with Crippen LogP contribution in [0, 0.1) is 17.8 Å². The van der Waals surface area contributed by atoms with E-state index < -0.39 is 0 Å². The highest BCUT2D eigenvalue weighted by Crippen LogP contribution is 2.15. The van der Waals surface area contributed by atoms with Gasteiger partial charge in [0.2, 0.25) is 5.91 Å². The Hall–Kier alpha value is -0.610. The second-order valence-corrected chi connectivity index (χ2v) is 6.05. The van der Waals surface area contributed by atoms with Gasteiger partial charge in [-0.3, -0.25) is 4.79 Å². The van der Waals surface area contributed by atoms with Crippen molar-refractivity contribution in [2.24, 2.45) is 23.5 Å². The lowest BCUT2D eigenvalue weighted by Crippen LogP contribution is -2.41. The summed E-state index contributed by atoms with van der Waals surface area (Å²) in [6, 6.07) is 0. The molecule has 0 bridgehead atoms. The Morgan fingerprint density at radius 3 is 2.50 bits per heavy atom. The van der Waals surface area contributed by atoms with Crippen LogP contribution in [0.2, 0.25) is 0 Å². The normalized spacial score (nSPS) is 20.1. The number of nitrogens with zero attached hydrogens (tertiary/aromatic N) is 1. The summed E-state index contributed by atoms with van der Waals surface area (Å²) in [5.74, 6) is 1.29. The van der Waals surface area contributed by atoms with Gasteiger partial charge in [-0.1, -0.05) is 13.8 Å². The Balaban J connectivity index is 2.26. The van der Waals surface area contributed by atoms with Gasteiger partial charge in [0.1, 0.15) is 0 Å². The molecule has 0 aromatic heterocycles. The summed E-state index contributed by atoms with van der Waals surface area (Å²) in [6.07, 6.45) is 3.26. The summed E-state index contributed by atoms with van der Waals surface area (Å²) < 4.78 is 0. The Morgan fingerprint density at radius 2 is 2.00 bits per heavy atom. The van der Waals surface area contributed by atoms with Crippen molar-refractivity contribution in [3.05, 3.63) is 0 Å². The van der Waals surface area contributed by atoms with E-state index in [1.165, 1.54) is 12.8 Å². The molecule has 1 saturated heterocycles. The average molecular weight is 255 g/mol. The lowest BCUT2D eigenvalue weighted by molar-refractivity contribution is -0.125. The molecule has 1 atom stereocenters. The van der Waals surface area contributed by atoms with E-state index in [2.05, 4.69) is 31.1 Å². The molecule has 1 aliphatic rings. The number of carbonyl (C=O) groups excluding carboxylic acids is 1. The lowest BCUT2D eigenvalue weighted by Gasteiger charge is -2.29. The van der Waals surface area contributed by atoms with Gasteiger partial charge in [0.05, 0.1) is 5.92 Å². The summed E-state index contributed by atoms with van der Waals surface area (Å²) in [6.45, 7) is 7.83. The third-order valence-corrected chi connectivity index (χ3v) is 3.81. The first-order valence-corrected chi connectivity index (χ1v) is 7.19. The second-order valence-electron chi connectivity index (χ2n) is 6.05. The molecule has 1 fully saturated rings. The summed E-state index contributed by atoms with van der Waals surface area (Å²) in [7, 11) is 2.15. The third kappa shape index (κ3) is 5.36. The second kappa shape index (κ2) is 7.74. The maximum atomic E-state index is 12.0. The molecule has 4 nitrogen and oxygen atoms in total. The van der Waals surface area contributed by atoms with Crippen molar-refractivity contribution < 1.29 is 4.79 Å². The molecule has 1 heterocycles. The van der Waals surface area contributed by atoms with E-state index >= 15 is 0 Å². The number of amides is 1. The van der Waals surface area contributed by atoms with Crippen molar-refractivity contribution in [3.63, 3.8) is 0 Å². The van der Waals surface area contributed by atoms with Gasteiger partial charge < -0.3 is 16.0 Å². The van der Waals surface area contributed by atoms with Gasteiger partial charge in [0, 0.05) is 13.1 Å². The molecule has 4 heteroatoms. The zero-order valence-corrected chi connectivity index (χ0v) is 12.1. The van der Waals surface area contributed by atoms with Crippen LogP contribution in [-0.2, 0) is 4.79 Å². The number of hydrogen-bond acceptors (Lipinski definition) is 3. The molecule has 0 aromatic rings. The van der Waals surface area contributed by atoms with Gasteiger partial charge in [-0.05, 0) is 51.2 Å². The fourth-order valence-electron chi connectivity index (χ4n) is 2.53. The van der Waals surface area contributed by atoms with Crippen LogP contribution in [0.3, 0.4) is 0 Å². The minimum atomic E-state index is -0.0173. The molecule has 0 spiro atoms. The van der Waals surface area contributed by atoms with Crippen LogP contribution in [0.4, 0.5) is 0 Å². The summed E-state index contributed by atoms with van der Waals surface area (Å²) >= 11 is 0. The van der Waals surface area contributed by atoms with Crippen molar-refractivity contribution >= 4 is 5.91 Å². The van der Waals surface area contributed by atoms with E-state index in [0.29, 0.717) is 18.4 Å². The number of nitrogens with two attached hydrogens (primary N) is 1. The smallest absolute Gasteiger partial charge is 0.224 e. The number of rotatable bonds is 6. The van der Waals surface area contributed by atoms with Crippen LogP contribution in [-0.4, -0.2) is 44.0 Å². The fraction of sp³-hybridized carbons (Fsp3) is 0.929. The van der Waals surface area contributed by atoms with Crippen LogP contribution < -0.4 is 11.1 Å². The Labute approximate surface area is 111 Å². The Kier molecular flexibility index (Phi) is 6.65. The number of carbonyl (C=O) groups is 1. The molecular formula is C14H29N3O. The van der Waals surface area contributed by atoms with Crippen molar-refractivity contribution in [2.45, 2.75) is 33.1 Å². The Morgan fingerprint density at radius 1 is 1.39 bits per heavy atom. The lowest BCUT2D eigenvalue weighted by atomic mass is 9.94. The number of piperidine rings is 1. The van der Waals surface area contributed by atoms with Gasteiger partial charge in [-0.2, -0.15) is 0 Å². The largest absolute Gasteiger partial charge is 0.356 e. The zero-order chi connectivity index (χ0) is 13.5. The molecule has 18 heavy (non-hydrogen) atoms. The van der Waals surface area contributed by atoms with Gasteiger partial charge in [0.15, 0.2) is 0 Å². The molecule has 0 aliphatic carbocycles. The molecular weight excluding hydrogens is 226 g/mol. The topological polar surface area (TPSA) is 58.4 Å². The average Bonchev–Trinajstić information content (AvgIpc) is 2.34. The SMILES string of the molecule is CC(C)CC(CN)C(=O)NCC1CCN(C)CC1. The fourth-order valence-corrected chi connectivity index (χ4v) is 2.53. The standard InChI is InChI=1S/C14H29N3O/c1-11(2)8-13(9-15)14(18)16-10-12-4-6-17(3)7-5-12/h11-13H,4-10,15H2,1-3H3,(H,16,18). The molecule has 1 amide bonds. The van der Waals surface area contributed by atoms with Crippen molar-refractivity contribution in [1.82, 2.24) is 10.2 Å². The van der Waals surface area contributed by atoms with Gasteiger partial charge in [0.25, 0.3) is 0 Å². The quantitative estimate of drug-likeness (QED) is 0.746. The van der Waals surface area contributed by atoms with Crippen LogP contribution in [0.5, 0.6) is 0 Å². The zero-order valence-electron chi connectivity index (χ0n) is 12.1. The van der Waals surface area contributed by atoms with Gasteiger partial charge >= 0.3 is 0 Å². The first-order chi connectivity index (χ1) is 8.52. The monoisotopic (exact) mass is 255 g/mol. The van der Waals surface area contributed by atoms with Crippen molar-refractivity contribution in [2.75, 3.05) is 33.2 Å². The maximum Gasteiger partial charge on any atom is 0.224 e.